The number of aryl methyl sites for hydroxylation is 1. The number of nitrogens with zero attached hydrogens (tertiary/aromatic N) is 2. The summed E-state index contributed by atoms with van der Waals surface area (Å²) in [7, 11) is 0. The van der Waals surface area contributed by atoms with E-state index >= 15 is 0 Å². The molecule has 67 heavy (non-hydrogen) atoms. The van der Waals surface area contributed by atoms with Crippen LogP contribution in [0.4, 0.5) is 4.79 Å². The number of carboxylic acid groups (broad SMARTS) is 1. The molecule has 1 heterocycles. The molecule has 0 aliphatic rings. The van der Waals surface area contributed by atoms with Crippen molar-refractivity contribution in [3.05, 3.63) is 77.9 Å². The van der Waals surface area contributed by atoms with E-state index in [-0.39, 0.29) is 50.8 Å². The summed E-state index contributed by atoms with van der Waals surface area (Å²) in [5, 5.41) is 25.7. The Bertz CT molecular complexity index is 2090. The van der Waals surface area contributed by atoms with Crippen molar-refractivity contribution >= 4 is 67.7 Å². The van der Waals surface area contributed by atoms with E-state index in [2.05, 4.69) is 68.1 Å². The van der Waals surface area contributed by atoms with Crippen LogP contribution in [0.25, 0.3) is 11.1 Å². The number of carbonyl (C=O) groups is 7. The van der Waals surface area contributed by atoms with Gasteiger partial charge in [0.25, 0.3) is 5.91 Å². The van der Waals surface area contributed by atoms with E-state index in [1.165, 1.54) is 12.5 Å². The zero-order valence-electron chi connectivity index (χ0n) is 40.1. The minimum absolute atomic E-state index is 0.0305. The molecule has 0 saturated heterocycles. The molecule has 1 aromatic heterocycles. The van der Waals surface area contributed by atoms with Crippen molar-refractivity contribution in [3.63, 3.8) is 0 Å². The Morgan fingerprint density at radius 3 is 2.01 bits per heavy atom. The summed E-state index contributed by atoms with van der Waals surface area (Å²) in [6, 6.07) is 10.5. The number of aliphatic carboxylic acids is 1. The van der Waals surface area contributed by atoms with Crippen LogP contribution in [-0.4, -0.2) is 136 Å². The molecule has 2 aromatic carbocycles. The molecule has 0 spiro atoms. The quantitative estimate of drug-likeness (QED) is 0.0425. The summed E-state index contributed by atoms with van der Waals surface area (Å²) in [5.74, 6) is -4.39. The SMILES string of the molecule is CCCCc1ccc(-c2ccc(C(=O)NCCC(=O)N[C@@H](CCCCNC(=O)OC(C)(C)C)C(=O)N[C@H](C(=O)N[C@@H](C)C(=O)N[C@@H](Cc3c[n]([Tl])cn3)C(=O)O)[C@@H](C)OCC(C)C)cc2)cc1. The summed E-state index contributed by atoms with van der Waals surface area (Å²) >= 11 is 0.429. The molecule has 3 rings (SSSR count). The number of amides is 6. The van der Waals surface area contributed by atoms with E-state index in [4.69, 9.17) is 9.47 Å². The monoisotopic (exact) mass is 1120 g/mol. The molecule has 5 atom stereocenters. The Labute approximate surface area is 410 Å². The van der Waals surface area contributed by atoms with Gasteiger partial charge in [-0.2, -0.15) is 0 Å². The molecule has 0 aliphatic heterocycles. The third-order valence-corrected chi connectivity index (χ3v) is 11.4. The molecule has 7 N–H and O–H groups in total. The van der Waals surface area contributed by atoms with Gasteiger partial charge in [-0.3, -0.25) is 14.4 Å². The average Bonchev–Trinajstić information content (AvgIpc) is 3.69. The zero-order valence-corrected chi connectivity index (χ0v) is 44.6. The van der Waals surface area contributed by atoms with Gasteiger partial charge in [-0.1, -0.05) is 63.6 Å². The second kappa shape index (κ2) is 28.1. The maximum absolute atomic E-state index is 14.1. The fourth-order valence-corrected chi connectivity index (χ4v) is 7.54. The Balaban J connectivity index is 1.69. The number of ether oxygens (including phenoxy) is 2. The standard InChI is InChI=1S/C48H70N8O10.Tl/c1-9-10-13-33-15-17-34(18-16-33)35-19-21-36(22-20-35)43(59)50-25-23-40(57)54-38(14-11-12-24-51-47(64)66-48(6,7)8)44(60)56-41(32(5)65-28-30(2)3)45(61)53-31(4)42(58)55-39(46(62)63)26-37-27-49-29-52-37;/h15-22,27,29-32,38-39,41H,9-14,23-26,28H2,1-8H3,(H8,49,50,51,52,53,54,55,56,57,58,59,60,61,62,63,64);/q;+1/p-1/t31-,32+,38-,39-,41-;/m0./s1. The minimum atomic E-state index is -1.35. The molecule has 0 radical (unpaired) electrons. The van der Waals surface area contributed by atoms with Crippen molar-refractivity contribution in [1.82, 2.24) is 39.3 Å². The van der Waals surface area contributed by atoms with Gasteiger partial charge in [0, 0.05) is 31.7 Å². The second-order valence-corrected chi connectivity index (χ2v) is 20.3. The van der Waals surface area contributed by atoms with Crippen molar-refractivity contribution in [2.24, 2.45) is 5.92 Å². The van der Waals surface area contributed by atoms with Crippen LogP contribution in [0.1, 0.15) is 116 Å². The van der Waals surface area contributed by atoms with Gasteiger partial charge in [-0.15, -0.1) is 0 Å². The molecule has 18 nitrogen and oxygen atoms in total. The summed E-state index contributed by atoms with van der Waals surface area (Å²) < 4.78 is 13.0. The molecule has 0 aliphatic carbocycles. The number of carbonyl (C=O) groups excluding carboxylic acids is 6. The van der Waals surface area contributed by atoms with Gasteiger partial charge in [0.1, 0.15) is 11.6 Å². The van der Waals surface area contributed by atoms with Crippen LogP contribution in [0.5, 0.6) is 0 Å². The Kier molecular flexibility index (Phi) is 23.4. The first-order valence-electron chi connectivity index (χ1n) is 22.9. The average molecular weight is 1120 g/mol. The number of rotatable bonds is 27. The third-order valence-electron chi connectivity index (χ3n) is 10.3. The van der Waals surface area contributed by atoms with E-state index in [1.54, 1.807) is 52.4 Å². The first kappa shape index (κ1) is 55.9. The second-order valence-electron chi connectivity index (χ2n) is 18.0. The van der Waals surface area contributed by atoms with E-state index in [0.29, 0.717) is 50.2 Å². The summed E-state index contributed by atoms with van der Waals surface area (Å²) in [6.07, 6.45) is 5.73. The molecular formula is C48H69N8O10Tl. The smallest absolute Gasteiger partial charge is 0.376 e. The van der Waals surface area contributed by atoms with Gasteiger partial charge in [0.05, 0.1) is 0 Å². The first-order chi connectivity index (χ1) is 31.6. The number of carboxylic acids is 1. The first-order valence-corrected chi connectivity index (χ1v) is 24.9. The number of aromatic nitrogens is 2. The Morgan fingerprint density at radius 2 is 1.43 bits per heavy atom. The molecule has 0 bridgehead atoms. The van der Waals surface area contributed by atoms with Crippen LogP contribution in [-0.2, 0) is 46.3 Å². The van der Waals surface area contributed by atoms with Crippen LogP contribution >= 0.6 is 0 Å². The number of imidazole rings is 1. The Morgan fingerprint density at radius 1 is 0.776 bits per heavy atom. The molecule has 3 aromatic rings. The normalized spacial score (nSPS) is 13.6. The van der Waals surface area contributed by atoms with Crippen LogP contribution in [0.15, 0.2) is 61.1 Å². The van der Waals surface area contributed by atoms with Gasteiger partial charge in [-0.25, -0.2) is 4.79 Å². The number of unbranched alkanes of at least 4 members (excludes halogenated alkanes) is 2. The molecule has 6 amide bonds. The Hall–Kier alpha value is -5.38. The van der Waals surface area contributed by atoms with Crippen molar-refractivity contribution in [1.29, 1.82) is 0 Å². The number of alkyl carbamates (subject to hydrolysis) is 1. The fourth-order valence-electron chi connectivity index (χ4n) is 6.61. The van der Waals surface area contributed by atoms with Crippen LogP contribution in [0, 0.1) is 5.92 Å². The number of benzene rings is 2. The predicted octanol–water partition coefficient (Wildman–Crippen LogP) is 3.99. The van der Waals surface area contributed by atoms with Gasteiger partial charge in [0.15, 0.2) is 0 Å². The summed E-state index contributed by atoms with van der Waals surface area (Å²) in [4.78, 5) is 95.9. The van der Waals surface area contributed by atoms with E-state index < -0.39 is 71.6 Å². The van der Waals surface area contributed by atoms with Crippen molar-refractivity contribution < 1.29 is 48.1 Å². The van der Waals surface area contributed by atoms with Crippen LogP contribution in [0.3, 0.4) is 0 Å². The zero-order chi connectivity index (χ0) is 49.7. The van der Waals surface area contributed by atoms with Crippen molar-refractivity contribution in [2.75, 3.05) is 19.7 Å². The number of hydrogen-bond donors (Lipinski definition) is 7. The van der Waals surface area contributed by atoms with Crippen molar-refractivity contribution in [2.45, 2.75) is 143 Å². The number of hydrogen-bond acceptors (Lipinski definition) is 10. The molecule has 364 valence electrons. The predicted molar refractivity (Wildman–Crippen MR) is 254 cm³/mol. The molecule has 0 saturated carbocycles. The topological polar surface area (TPSA) is 248 Å². The summed E-state index contributed by atoms with van der Waals surface area (Å²) in [6.45, 7) is 14.6. The molecular weight excluding hydrogens is 1050 g/mol. The van der Waals surface area contributed by atoms with E-state index in [9.17, 15) is 38.7 Å². The van der Waals surface area contributed by atoms with Gasteiger partial charge < -0.3 is 25.4 Å². The van der Waals surface area contributed by atoms with E-state index in [1.807, 2.05) is 28.4 Å². The molecule has 0 fully saturated rings. The van der Waals surface area contributed by atoms with Crippen LogP contribution < -0.4 is 31.9 Å². The van der Waals surface area contributed by atoms with Crippen molar-refractivity contribution in [3.8, 4) is 11.1 Å². The van der Waals surface area contributed by atoms with Crippen LogP contribution in [0.2, 0.25) is 0 Å². The maximum atomic E-state index is 14.1. The van der Waals surface area contributed by atoms with E-state index in [0.717, 1.165) is 30.4 Å². The third kappa shape index (κ3) is 21.0. The molecule has 0 unspecified atom stereocenters. The number of nitrogens with one attached hydrogen (secondary N) is 6. The minimum Gasteiger partial charge on any atom is -0.376 e. The summed E-state index contributed by atoms with van der Waals surface area (Å²) in [5.41, 5.74) is 3.49. The van der Waals surface area contributed by atoms with Gasteiger partial charge in [0.2, 0.25) is 11.8 Å². The fraction of sp³-hybridized carbons (Fsp3) is 0.542. The van der Waals surface area contributed by atoms with Gasteiger partial charge in [-0.05, 0) is 94.5 Å². The molecule has 19 heteroatoms. The van der Waals surface area contributed by atoms with Gasteiger partial charge >= 0.3 is 149 Å².